The number of benzene rings is 1. The maximum Gasteiger partial charge on any atom is 0.416 e. The third kappa shape index (κ3) is 4.22. The summed E-state index contributed by atoms with van der Waals surface area (Å²) in [7, 11) is 0. The molecule has 126 valence electrons. The van der Waals surface area contributed by atoms with Gasteiger partial charge < -0.3 is 15.4 Å². The normalized spacial score (nSPS) is 17.3. The highest BCUT2D eigenvalue weighted by molar-refractivity contribution is 5.79. The first-order chi connectivity index (χ1) is 10.9. The number of alkyl halides is 3. The average molecular weight is 330 g/mol. The predicted octanol–water partition coefficient (Wildman–Crippen LogP) is 1.57. The van der Waals surface area contributed by atoms with Crippen LogP contribution >= 0.6 is 0 Å². The number of hydrogen-bond acceptors (Lipinski definition) is 4. The van der Waals surface area contributed by atoms with Gasteiger partial charge in [-0.05, 0) is 43.6 Å². The molecule has 0 bridgehead atoms. The molecule has 5 nitrogen and oxygen atoms in total. The first-order valence-corrected chi connectivity index (χ1v) is 7.12. The van der Waals surface area contributed by atoms with E-state index in [2.05, 4.69) is 15.4 Å². The highest BCUT2D eigenvalue weighted by Crippen LogP contribution is 2.35. The minimum Gasteiger partial charge on any atom is -0.458 e. The molecule has 1 amide bonds. The Balaban J connectivity index is 2.31. The lowest BCUT2D eigenvalue weighted by Crippen LogP contribution is -2.53. The number of hydrogen-bond donors (Lipinski definition) is 2. The second kappa shape index (κ2) is 6.99. The van der Waals surface area contributed by atoms with E-state index in [0.717, 1.165) is 12.1 Å². The van der Waals surface area contributed by atoms with Gasteiger partial charge in [-0.1, -0.05) is 12.1 Å². The van der Waals surface area contributed by atoms with Crippen molar-refractivity contribution in [2.75, 3.05) is 19.7 Å². The molecule has 2 N–H and O–H groups in total. The Kier molecular flexibility index (Phi) is 5.25. The van der Waals surface area contributed by atoms with Crippen LogP contribution in [0.2, 0.25) is 0 Å². The third-order valence-corrected chi connectivity index (χ3v) is 3.86. The number of ether oxygens (including phenoxy) is 1. The minimum atomic E-state index is -4.45. The first-order valence-electron chi connectivity index (χ1n) is 7.12. The molecule has 1 heterocycles. The summed E-state index contributed by atoms with van der Waals surface area (Å²) in [6.45, 7) is 0.812. The van der Waals surface area contributed by atoms with Crippen LogP contribution in [0.25, 0.3) is 0 Å². The summed E-state index contributed by atoms with van der Waals surface area (Å²) < 4.78 is 43.2. The molecule has 0 aliphatic carbocycles. The topological polar surface area (TPSA) is 67.4 Å². The van der Waals surface area contributed by atoms with Crippen LogP contribution < -0.4 is 10.6 Å². The Hall–Kier alpha value is -2.09. The largest absolute Gasteiger partial charge is 0.458 e. The minimum absolute atomic E-state index is 0.152. The van der Waals surface area contributed by atoms with Crippen molar-refractivity contribution in [3.8, 4) is 0 Å². The molecule has 1 saturated heterocycles. The summed E-state index contributed by atoms with van der Waals surface area (Å²) in [4.78, 5) is 22.1. The maximum absolute atomic E-state index is 12.9. The molecule has 0 aromatic heterocycles. The molecule has 0 atom stereocenters. The van der Waals surface area contributed by atoms with Crippen LogP contribution in [-0.4, -0.2) is 32.1 Å². The Labute approximate surface area is 131 Å². The van der Waals surface area contributed by atoms with E-state index in [9.17, 15) is 22.8 Å². The molecule has 1 aromatic rings. The van der Waals surface area contributed by atoms with Crippen molar-refractivity contribution < 1.29 is 27.5 Å². The SMILES string of the molecule is O=COCC(=O)NC1(c2cccc(C(F)(F)F)c2)CCNCC1. The highest BCUT2D eigenvalue weighted by atomic mass is 19.4. The van der Waals surface area contributed by atoms with Crippen LogP contribution in [0.4, 0.5) is 13.2 Å². The van der Waals surface area contributed by atoms with Crippen molar-refractivity contribution in [2.24, 2.45) is 0 Å². The van der Waals surface area contributed by atoms with Gasteiger partial charge in [0.05, 0.1) is 11.1 Å². The lowest BCUT2D eigenvalue weighted by molar-refractivity contribution is -0.138. The molecule has 1 fully saturated rings. The van der Waals surface area contributed by atoms with Crippen LogP contribution in [-0.2, 0) is 26.0 Å². The van der Waals surface area contributed by atoms with Gasteiger partial charge in [0.25, 0.3) is 12.4 Å². The van der Waals surface area contributed by atoms with Crippen molar-refractivity contribution in [1.82, 2.24) is 10.6 Å². The highest BCUT2D eigenvalue weighted by Gasteiger charge is 2.38. The fourth-order valence-corrected chi connectivity index (χ4v) is 2.75. The van der Waals surface area contributed by atoms with E-state index in [1.165, 1.54) is 6.07 Å². The van der Waals surface area contributed by atoms with Crippen molar-refractivity contribution >= 4 is 12.4 Å². The van der Waals surface area contributed by atoms with Gasteiger partial charge in [-0.2, -0.15) is 13.2 Å². The zero-order chi connectivity index (χ0) is 16.9. The monoisotopic (exact) mass is 330 g/mol. The van der Waals surface area contributed by atoms with Gasteiger partial charge in [0.2, 0.25) is 0 Å². The molecule has 0 unspecified atom stereocenters. The van der Waals surface area contributed by atoms with Crippen LogP contribution in [0.15, 0.2) is 24.3 Å². The van der Waals surface area contributed by atoms with Gasteiger partial charge >= 0.3 is 6.18 Å². The number of carbonyl (C=O) groups is 2. The van der Waals surface area contributed by atoms with Crippen molar-refractivity contribution in [1.29, 1.82) is 0 Å². The van der Waals surface area contributed by atoms with Crippen LogP contribution in [0.1, 0.15) is 24.0 Å². The summed E-state index contributed by atoms with van der Waals surface area (Å²) >= 11 is 0. The molecular weight excluding hydrogens is 313 g/mol. The van der Waals surface area contributed by atoms with E-state index in [1.807, 2.05) is 0 Å². The fraction of sp³-hybridized carbons (Fsp3) is 0.467. The van der Waals surface area contributed by atoms with E-state index in [0.29, 0.717) is 31.5 Å². The van der Waals surface area contributed by atoms with E-state index in [-0.39, 0.29) is 6.47 Å². The lowest BCUT2D eigenvalue weighted by atomic mass is 9.80. The van der Waals surface area contributed by atoms with Gasteiger partial charge in [0.15, 0.2) is 6.61 Å². The number of carbonyl (C=O) groups excluding carboxylic acids is 2. The zero-order valence-corrected chi connectivity index (χ0v) is 12.3. The molecule has 23 heavy (non-hydrogen) atoms. The number of halogens is 3. The summed E-state index contributed by atoms with van der Waals surface area (Å²) in [5.74, 6) is -0.545. The second-order valence-electron chi connectivity index (χ2n) is 5.37. The fourth-order valence-electron chi connectivity index (χ4n) is 2.75. The number of piperidine rings is 1. The average Bonchev–Trinajstić information content (AvgIpc) is 2.53. The molecular formula is C15H17F3N2O3. The molecule has 1 aliphatic heterocycles. The molecule has 8 heteroatoms. The van der Waals surface area contributed by atoms with Crippen LogP contribution in [0.5, 0.6) is 0 Å². The van der Waals surface area contributed by atoms with Crippen molar-refractivity contribution in [2.45, 2.75) is 24.6 Å². The molecule has 2 rings (SSSR count). The number of nitrogens with one attached hydrogen (secondary N) is 2. The van der Waals surface area contributed by atoms with Crippen LogP contribution in [0.3, 0.4) is 0 Å². The quantitative estimate of drug-likeness (QED) is 0.805. The van der Waals surface area contributed by atoms with Crippen molar-refractivity contribution in [3.63, 3.8) is 0 Å². The summed E-state index contributed by atoms with van der Waals surface area (Å²) in [5.41, 5.74) is -1.27. The molecule has 1 aliphatic rings. The van der Waals surface area contributed by atoms with E-state index in [1.54, 1.807) is 6.07 Å². The maximum atomic E-state index is 12.9. The smallest absolute Gasteiger partial charge is 0.416 e. The van der Waals surface area contributed by atoms with Gasteiger partial charge in [-0.15, -0.1) is 0 Å². The standard InChI is InChI=1S/C15H17F3N2O3/c16-15(17,18)12-3-1-2-11(8-12)14(4-6-19-7-5-14)20-13(22)9-23-10-21/h1-3,8,10,19H,4-7,9H2,(H,20,22). The zero-order valence-electron chi connectivity index (χ0n) is 12.3. The number of amides is 1. The Morgan fingerprint density at radius 3 is 2.65 bits per heavy atom. The van der Waals surface area contributed by atoms with Gasteiger partial charge in [0, 0.05) is 0 Å². The Bertz CT molecular complexity index is 569. The summed E-state index contributed by atoms with van der Waals surface area (Å²) in [5, 5.41) is 5.84. The van der Waals surface area contributed by atoms with Gasteiger partial charge in [0.1, 0.15) is 0 Å². The molecule has 0 radical (unpaired) electrons. The lowest BCUT2D eigenvalue weighted by Gasteiger charge is -2.39. The first kappa shape index (κ1) is 17.3. The van der Waals surface area contributed by atoms with Gasteiger partial charge in [-0.3, -0.25) is 9.59 Å². The Morgan fingerprint density at radius 2 is 2.04 bits per heavy atom. The van der Waals surface area contributed by atoms with E-state index in [4.69, 9.17) is 0 Å². The number of rotatable bonds is 5. The van der Waals surface area contributed by atoms with Crippen molar-refractivity contribution in [3.05, 3.63) is 35.4 Å². The molecule has 0 saturated carbocycles. The molecule has 0 spiro atoms. The second-order valence-corrected chi connectivity index (χ2v) is 5.37. The van der Waals surface area contributed by atoms with Crippen LogP contribution in [0, 0.1) is 0 Å². The summed E-state index contributed by atoms with van der Waals surface area (Å²) in [6.07, 6.45) is -3.56. The van der Waals surface area contributed by atoms with E-state index < -0.39 is 29.8 Å². The molecule has 1 aromatic carbocycles. The third-order valence-electron chi connectivity index (χ3n) is 3.86. The Morgan fingerprint density at radius 1 is 1.35 bits per heavy atom. The van der Waals surface area contributed by atoms with E-state index >= 15 is 0 Å². The predicted molar refractivity (Wildman–Crippen MR) is 75.4 cm³/mol. The summed E-state index contributed by atoms with van der Waals surface area (Å²) in [6, 6.07) is 4.96. The van der Waals surface area contributed by atoms with Gasteiger partial charge in [-0.25, -0.2) is 0 Å².